The number of benzene rings is 2. The summed E-state index contributed by atoms with van der Waals surface area (Å²) in [5.74, 6) is 0.494. The Morgan fingerprint density at radius 3 is 2.74 bits per heavy atom. The summed E-state index contributed by atoms with van der Waals surface area (Å²) >= 11 is 0. The monoisotopic (exact) mass is 362 g/mol. The minimum Gasteiger partial charge on any atom is -0.343 e. The quantitative estimate of drug-likeness (QED) is 0.749. The lowest BCUT2D eigenvalue weighted by atomic mass is 10.1. The van der Waals surface area contributed by atoms with Crippen molar-refractivity contribution in [2.45, 2.75) is 25.8 Å². The number of fused-ring (bicyclic) bond motifs is 1. The zero-order valence-electron chi connectivity index (χ0n) is 15.2. The molecule has 27 heavy (non-hydrogen) atoms. The summed E-state index contributed by atoms with van der Waals surface area (Å²) in [5, 5.41) is 2.73. The van der Waals surface area contributed by atoms with Crippen LogP contribution in [0.3, 0.4) is 0 Å². The first kappa shape index (κ1) is 17.3. The number of imidazole rings is 1. The first-order valence-electron chi connectivity index (χ1n) is 9.21. The Labute approximate surface area is 157 Å². The van der Waals surface area contributed by atoms with E-state index < -0.39 is 0 Å². The summed E-state index contributed by atoms with van der Waals surface area (Å²) in [6.07, 6.45) is 1.80. The summed E-state index contributed by atoms with van der Waals surface area (Å²) in [5.41, 5.74) is 3.52. The molecule has 0 spiro atoms. The van der Waals surface area contributed by atoms with Gasteiger partial charge in [-0.15, -0.1) is 0 Å². The summed E-state index contributed by atoms with van der Waals surface area (Å²) in [6, 6.07) is 15.1. The van der Waals surface area contributed by atoms with Crippen LogP contribution in [0, 0.1) is 6.92 Å². The van der Waals surface area contributed by atoms with Gasteiger partial charge in [-0.2, -0.15) is 0 Å². The standard InChI is InChI=1S/C21H22N4O2/c1-14-8-10-15(11-9-14)21(27)22-13-19(26)25-12-4-7-18(25)20-23-16-5-2-3-6-17(16)24-20/h2-3,5-6,8-11,18H,4,7,12-13H2,1H3,(H,22,27)(H,23,24)/t18-/m1/s1. The molecular formula is C21H22N4O2. The van der Waals surface area contributed by atoms with Crippen LogP contribution in [0.4, 0.5) is 0 Å². The molecule has 2 amide bonds. The molecule has 3 aromatic rings. The van der Waals surface area contributed by atoms with Gasteiger partial charge in [-0.3, -0.25) is 9.59 Å². The van der Waals surface area contributed by atoms with Crippen LogP contribution in [0.25, 0.3) is 11.0 Å². The fourth-order valence-electron chi connectivity index (χ4n) is 3.54. The highest BCUT2D eigenvalue weighted by molar-refractivity contribution is 5.96. The third-order valence-electron chi connectivity index (χ3n) is 5.01. The Bertz CT molecular complexity index is 944. The van der Waals surface area contributed by atoms with Crippen molar-refractivity contribution in [1.82, 2.24) is 20.2 Å². The van der Waals surface area contributed by atoms with Crippen molar-refractivity contribution in [3.05, 3.63) is 65.5 Å². The molecule has 0 aliphatic carbocycles. The average molecular weight is 362 g/mol. The van der Waals surface area contributed by atoms with Crippen LogP contribution in [0.5, 0.6) is 0 Å². The van der Waals surface area contributed by atoms with Crippen LogP contribution >= 0.6 is 0 Å². The van der Waals surface area contributed by atoms with Crippen LogP contribution < -0.4 is 5.32 Å². The molecule has 2 N–H and O–H groups in total. The first-order valence-corrected chi connectivity index (χ1v) is 9.21. The number of aryl methyl sites for hydroxylation is 1. The molecule has 1 fully saturated rings. The van der Waals surface area contributed by atoms with Gasteiger partial charge in [0.1, 0.15) is 5.82 Å². The van der Waals surface area contributed by atoms with Crippen LogP contribution in [0.1, 0.15) is 40.6 Å². The third-order valence-corrected chi connectivity index (χ3v) is 5.01. The Balaban J connectivity index is 1.43. The van der Waals surface area contributed by atoms with E-state index in [1.54, 1.807) is 12.1 Å². The Morgan fingerprint density at radius 2 is 1.96 bits per heavy atom. The molecule has 0 unspecified atom stereocenters. The zero-order chi connectivity index (χ0) is 18.8. The molecule has 138 valence electrons. The molecule has 1 atom stereocenters. The number of nitrogens with one attached hydrogen (secondary N) is 2. The van der Waals surface area contributed by atoms with Gasteiger partial charge in [-0.05, 0) is 44.0 Å². The molecule has 4 rings (SSSR count). The number of amides is 2. The highest BCUT2D eigenvalue weighted by atomic mass is 16.2. The van der Waals surface area contributed by atoms with E-state index in [4.69, 9.17) is 0 Å². The average Bonchev–Trinajstić information content (AvgIpc) is 3.32. The number of hydrogen-bond donors (Lipinski definition) is 2. The second-order valence-electron chi connectivity index (χ2n) is 6.93. The summed E-state index contributed by atoms with van der Waals surface area (Å²) in [7, 11) is 0. The van der Waals surface area contributed by atoms with E-state index in [9.17, 15) is 9.59 Å². The smallest absolute Gasteiger partial charge is 0.251 e. The van der Waals surface area contributed by atoms with Gasteiger partial charge < -0.3 is 15.2 Å². The van der Waals surface area contributed by atoms with E-state index in [-0.39, 0.29) is 24.4 Å². The van der Waals surface area contributed by atoms with Gasteiger partial charge in [0.2, 0.25) is 5.91 Å². The summed E-state index contributed by atoms with van der Waals surface area (Å²) in [4.78, 5) is 34.7. The molecule has 1 saturated heterocycles. The van der Waals surface area contributed by atoms with Crippen molar-refractivity contribution in [3.63, 3.8) is 0 Å². The lowest BCUT2D eigenvalue weighted by Gasteiger charge is -2.23. The zero-order valence-corrected chi connectivity index (χ0v) is 15.2. The van der Waals surface area contributed by atoms with Gasteiger partial charge in [0, 0.05) is 12.1 Å². The van der Waals surface area contributed by atoms with Crippen LogP contribution in [0.15, 0.2) is 48.5 Å². The van der Waals surface area contributed by atoms with E-state index in [2.05, 4.69) is 15.3 Å². The SMILES string of the molecule is Cc1ccc(C(=O)NCC(=O)N2CCC[C@@H]2c2nc3ccccc3[nH]2)cc1. The molecule has 6 heteroatoms. The number of aromatic amines is 1. The van der Waals surface area contributed by atoms with Crippen molar-refractivity contribution in [3.8, 4) is 0 Å². The van der Waals surface area contributed by atoms with Crippen molar-refractivity contribution in [2.24, 2.45) is 0 Å². The van der Waals surface area contributed by atoms with Crippen LogP contribution in [-0.2, 0) is 4.79 Å². The number of para-hydroxylation sites is 2. The number of likely N-dealkylation sites (tertiary alicyclic amines) is 1. The number of nitrogens with zero attached hydrogens (tertiary/aromatic N) is 2. The maximum atomic E-state index is 12.7. The number of rotatable bonds is 4. The summed E-state index contributed by atoms with van der Waals surface area (Å²) in [6.45, 7) is 2.64. The predicted molar refractivity (Wildman–Crippen MR) is 103 cm³/mol. The van der Waals surface area contributed by atoms with Gasteiger partial charge >= 0.3 is 0 Å². The Kier molecular flexibility index (Phi) is 4.62. The Morgan fingerprint density at radius 1 is 1.19 bits per heavy atom. The van der Waals surface area contributed by atoms with Crippen molar-refractivity contribution in [1.29, 1.82) is 0 Å². The highest BCUT2D eigenvalue weighted by Gasteiger charge is 2.32. The first-order chi connectivity index (χ1) is 13.1. The fourth-order valence-corrected chi connectivity index (χ4v) is 3.54. The second-order valence-corrected chi connectivity index (χ2v) is 6.93. The van der Waals surface area contributed by atoms with Gasteiger partial charge in [0.25, 0.3) is 5.91 Å². The molecule has 2 aromatic carbocycles. The van der Waals surface area contributed by atoms with Gasteiger partial charge in [-0.1, -0.05) is 29.8 Å². The highest BCUT2D eigenvalue weighted by Crippen LogP contribution is 2.31. The molecule has 6 nitrogen and oxygen atoms in total. The maximum absolute atomic E-state index is 12.7. The largest absolute Gasteiger partial charge is 0.343 e. The van der Waals surface area contributed by atoms with Crippen molar-refractivity contribution >= 4 is 22.8 Å². The molecular weight excluding hydrogens is 340 g/mol. The van der Waals surface area contributed by atoms with Gasteiger partial charge in [-0.25, -0.2) is 4.98 Å². The predicted octanol–water partition coefficient (Wildman–Crippen LogP) is 2.96. The molecule has 1 aliphatic heterocycles. The van der Waals surface area contributed by atoms with E-state index >= 15 is 0 Å². The minimum absolute atomic E-state index is 0.0105. The van der Waals surface area contributed by atoms with Crippen molar-refractivity contribution in [2.75, 3.05) is 13.1 Å². The number of carbonyl (C=O) groups excluding carboxylic acids is 2. The molecule has 1 aliphatic rings. The second kappa shape index (κ2) is 7.23. The lowest BCUT2D eigenvalue weighted by Crippen LogP contribution is -2.40. The molecule has 0 radical (unpaired) electrons. The van der Waals surface area contributed by atoms with E-state index in [0.717, 1.165) is 35.3 Å². The molecule has 0 bridgehead atoms. The third kappa shape index (κ3) is 3.56. The number of hydrogen-bond acceptors (Lipinski definition) is 3. The van der Waals surface area contributed by atoms with Crippen molar-refractivity contribution < 1.29 is 9.59 Å². The minimum atomic E-state index is -0.233. The van der Waals surface area contributed by atoms with Gasteiger partial charge in [0.05, 0.1) is 23.6 Å². The number of carbonyl (C=O) groups is 2. The fraction of sp³-hybridized carbons (Fsp3) is 0.286. The molecule has 0 saturated carbocycles. The van der Waals surface area contributed by atoms with E-state index in [0.29, 0.717) is 12.1 Å². The van der Waals surface area contributed by atoms with E-state index in [1.807, 2.05) is 48.2 Å². The number of aromatic nitrogens is 2. The van der Waals surface area contributed by atoms with E-state index in [1.165, 1.54) is 0 Å². The van der Waals surface area contributed by atoms with Crippen LogP contribution in [-0.4, -0.2) is 39.8 Å². The number of H-pyrrole nitrogens is 1. The molecule has 1 aromatic heterocycles. The Hall–Kier alpha value is -3.15. The van der Waals surface area contributed by atoms with Gasteiger partial charge in [0.15, 0.2) is 0 Å². The van der Waals surface area contributed by atoms with Crippen LogP contribution in [0.2, 0.25) is 0 Å². The lowest BCUT2D eigenvalue weighted by molar-refractivity contribution is -0.131. The summed E-state index contributed by atoms with van der Waals surface area (Å²) < 4.78 is 0. The maximum Gasteiger partial charge on any atom is 0.251 e. The molecule has 2 heterocycles. The topological polar surface area (TPSA) is 78.1 Å². The normalized spacial score (nSPS) is 16.6.